The number of esters is 1. The highest BCUT2D eigenvalue weighted by atomic mass is 16.6. The molecule has 0 saturated carbocycles. The van der Waals surface area contributed by atoms with Crippen LogP contribution in [0.15, 0.2) is 85.0 Å². The highest BCUT2D eigenvalue weighted by molar-refractivity contribution is 5.99. The van der Waals surface area contributed by atoms with Gasteiger partial charge in [-0.25, -0.2) is 0 Å². The van der Waals surface area contributed by atoms with Gasteiger partial charge in [-0.1, -0.05) is 85.0 Å². The molecule has 3 amide bonds. The van der Waals surface area contributed by atoms with Crippen molar-refractivity contribution in [2.24, 2.45) is 11.8 Å². The summed E-state index contributed by atoms with van der Waals surface area (Å²) in [6.45, 7) is 2.00. The second-order valence-corrected chi connectivity index (χ2v) is 11.8. The number of carbonyl (C=O) groups is 4. The Morgan fingerprint density at radius 3 is 2.45 bits per heavy atom. The number of cyclic esters (lactones) is 1. The summed E-state index contributed by atoms with van der Waals surface area (Å²) in [5.41, 5.74) is 0.173. The van der Waals surface area contributed by atoms with E-state index in [0.29, 0.717) is 18.5 Å². The fourth-order valence-electron chi connectivity index (χ4n) is 6.90. The van der Waals surface area contributed by atoms with Crippen molar-refractivity contribution >= 4 is 23.7 Å². The Morgan fingerprint density at radius 2 is 1.73 bits per heavy atom. The van der Waals surface area contributed by atoms with Gasteiger partial charge in [0.05, 0.1) is 31.2 Å². The van der Waals surface area contributed by atoms with E-state index < -0.39 is 53.6 Å². The number of fused-ring (bicyclic) bond motifs is 2. The van der Waals surface area contributed by atoms with E-state index >= 15 is 0 Å². The molecule has 2 aromatic carbocycles. The van der Waals surface area contributed by atoms with Gasteiger partial charge in [-0.05, 0) is 24.5 Å². The first kappa shape index (κ1) is 29.8. The number of carbonyl (C=O) groups excluding carboxylic acids is 4. The Kier molecular flexibility index (Phi) is 8.38. The van der Waals surface area contributed by atoms with Crippen molar-refractivity contribution in [3.05, 3.63) is 96.1 Å². The Morgan fingerprint density at radius 1 is 1.00 bits per heavy atom. The third-order valence-corrected chi connectivity index (χ3v) is 9.02. The third-order valence-electron chi connectivity index (χ3n) is 9.02. The fourth-order valence-corrected chi connectivity index (χ4v) is 6.90. The van der Waals surface area contributed by atoms with Crippen molar-refractivity contribution in [3.63, 3.8) is 0 Å². The van der Waals surface area contributed by atoms with Crippen molar-refractivity contribution in [2.45, 2.75) is 56.2 Å². The zero-order valence-corrected chi connectivity index (χ0v) is 24.6. The van der Waals surface area contributed by atoms with Gasteiger partial charge in [0.25, 0.3) is 0 Å². The van der Waals surface area contributed by atoms with Crippen molar-refractivity contribution < 1.29 is 33.8 Å². The zero-order valence-electron chi connectivity index (χ0n) is 24.6. The van der Waals surface area contributed by atoms with Gasteiger partial charge < -0.3 is 29.7 Å². The summed E-state index contributed by atoms with van der Waals surface area (Å²) in [7, 11) is 0. The van der Waals surface area contributed by atoms with E-state index in [9.17, 15) is 24.3 Å². The molecule has 0 unspecified atom stereocenters. The number of rotatable bonds is 5. The van der Waals surface area contributed by atoms with Crippen LogP contribution >= 0.6 is 0 Å². The number of allylic oxidation sites excluding steroid dienone is 1. The summed E-state index contributed by atoms with van der Waals surface area (Å²) in [6, 6.07) is 16.9. The average Bonchev–Trinajstić information content (AvgIpc) is 3.44. The molecule has 4 aliphatic rings. The summed E-state index contributed by atoms with van der Waals surface area (Å²) >= 11 is 0. The molecule has 2 N–H and O–H groups in total. The van der Waals surface area contributed by atoms with Crippen molar-refractivity contribution in [1.82, 2.24) is 15.1 Å². The fraction of sp³-hybridized carbons (Fsp3) is 0.412. The highest BCUT2D eigenvalue weighted by Gasteiger charge is 2.72. The molecule has 4 aliphatic heterocycles. The van der Waals surface area contributed by atoms with Crippen LogP contribution in [0, 0.1) is 11.8 Å². The van der Waals surface area contributed by atoms with Crippen molar-refractivity contribution in [1.29, 1.82) is 0 Å². The number of likely N-dealkylation sites (tertiary alicyclic amines) is 1. The van der Waals surface area contributed by atoms with Crippen LogP contribution in [0.4, 0.5) is 0 Å². The van der Waals surface area contributed by atoms with E-state index in [1.54, 1.807) is 30.1 Å². The summed E-state index contributed by atoms with van der Waals surface area (Å²) < 4.78 is 12.8. The molecule has 44 heavy (non-hydrogen) atoms. The van der Waals surface area contributed by atoms with E-state index in [1.807, 2.05) is 66.7 Å². The predicted octanol–water partition coefficient (Wildman–Crippen LogP) is 2.30. The van der Waals surface area contributed by atoms with Crippen LogP contribution in [0.5, 0.6) is 0 Å². The van der Waals surface area contributed by atoms with Crippen LogP contribution in [0.25, 0.3) is 0 Å². The molecular formula is C34H37N3O7. The minimum Gasteiger partial charge on any atom is -0.455 e. The van der Waals surface area contributed by atoms with Crippen LogP contribution in [-0.2, 0) is 35.2 Å². The lowest BCUT2D eigenvalue weighted by molar-refractivity contribution is -0.160. The molecule has 1 spiro atoms. The number of aliphatic hydroxyl groups is 1. The van der Waals surface area contributed by atoms with Crippen LogP contribution in [0.2, 0.25) is 0 Å². The Hall–Kier alpha value is -4.28. The number of amides is 3. The molecule has 2 fully saturated rings. The molecule has 0 aromatic heterocycles. The number of benzene rings is 2. The van der Waals surface area contributed by atoms with Crippen molar-refractivity contribution in [3.8, 4) is 0 Å². The number of nitrogens with zero attached hydrogens (tertiary/aromatic N) is 2. The van der Waals surface area contributed by atoms with Crippen molar-refractivity contribution in [2.75, 3.05) is 19.7 Å². The first-order chi connectivity index (χ1) is 21.3. The summed E-state index contributed by atoms with van der Waals surface area (Å²) in [5, 5.41) is 13.0. The number of ether oxygens (including phenoxy) is 2. The minimum absolute atomic E-state index is 0.0728. The molecule has 0 aliphatic carbocycles. The van der Waals surface area contributed by atoms with Gasteiger partial charge in [0, 0.05) is 19.5 Å². The minimum atomic E-state index is -1.46. The lowest BCUT2D eigenvalue weighted by atomic mass is 9.78. The number of nitrogens with one attached hydrogen (secondary N) is 1. The average molecular weight is 600 g/mol. The van der Waals surface area contributed by atoms with E-state index in [1.165, 1.54) is 4.90 Å². The maximum atomic E-state index is 14.4. The SMILES string of the molecule is C[C@H](CO)N1C(=O)[C@H]2[C@@H]3C(=O)O[C@@H](c4ccccc4)CNC(=O)CC/C=C\[C@@H]3O[C@]23C=CCN(Cc2ccccc2)C(=O)[C@H]13. The number of hydrogen-bond acceptors (Lipinski definition) is 7. The molecule has 7 atom stereocenters. The molecule has 6 rings (SSSR count). The Bertz CT molecular complexity index is 1460. The predicted molar refractivity (Wildman–Crippen MR) is 159 cm³/mol. The van der Waals surface area contributed by atoms with Crippen LogP contribution in [-0.4, -0.2) is 82.1 Å². The molecule has 4 heterocycles. The quantitative estimate of drug-likeness (QED) is 0.399. The van der Waals surface area contributed by atoms with Crippen LogP contribution < -0.4 is 5.32 Å². The van der Waals surface area contributed by atoms with E-state index in [2.05, 4.69) is 5.32 Å². The first-order valence-electron chi connectivity index (χ1n) is 15.1. The lowest BCUT2D eigenvalue weighted by Crippen LogP contribution is -2.57. The summed E-state index contributed by atoms with van der Waals surface area (Å²) in [5.74, 6) is -3.70. The smallest absolute Gasteiger partial charge is 0.313 e. The standard InChI is InChI=1S/C34H37N3O7/c1-22(21-38)37-30-32(41)36(20-23-11-4-2-5-12-23)18-10-17-34(30)29(31(37)40)28-25(44-34)15-8-9-16-27(39)35-19-26(43-33(28)42)24-13-6-3-7-14-24/h2-8,10-15,17,22,25-26,28-30,38H,9,16,18-21H2,1H3,(H,35,39)/b15-8-/t22-,25+,26-,28-,29-,30+,34-/m1/s1. The molecule has 230 valence electrons. The summed E-state index contributed by atoms with van der Waals surface area (Å²) in [4.78, 5) is 58.5. The summed E-state index contributed by atoms with van der Waals surface area (Å²) in [6.07, 6.45) is 6.05. The Labute approximate surface area is 256 Å². The van der Waals surface area contributed by atoms with E-state index in [-0.39, 0.29) is 37.9 Å². The number of hydrogen-bond donors (Lipinski definition) is 2. The van der Waals surface area contributed by atoms with E-state index in [0.717, 1.165) is 5.56 Å². The van der Waals surface area contributed by atoms with Gasteiger partial charge in [-0.2, -0.15) is 0 Å². The second-order valence-electron chi connectivity index (χ2n) is 11.8. The van der Waals surface area contributed by atoms with Gasteiger partial charge in [0.15, 0.2) is 0 Å². The molecule has 0 radical (unpaired) electrons. The largest absolute Gasteiger partial charge is 0.455 e. The molecule has 0 bridgehead atoms. The van der Waals surface area contributed by atoms with E-state index in [4.69, 9.17) is 9.47 Å². The Balaban J connectivity index is 1.41. The zero-order chi connectivity index (χ0) is 30.8. The monoisotopic (exact) mass is 599 g/mol. The van der Waals surface area contributed by atoms with Gasteiger partial charge >= 0.3 is 5.97 Å². The van der Waals surface area contributed by atoms with Gasteiger partial charge in [-0.15, -0.1) is 0 Å². The molecule has 10 heteroatoms. The normalized spacial score (nSPS) is 31.9. The molecular weight excluding hydrogens is 562 g/mol. The van der Waals surface area contributed by atoms with Crippen LogP contribution in [0.1, 0.15) is 37.0 Å². The molecule has 10 nitrogen and oxygen atoms in total. The lowest BCUT2D eigenvalue weighted by Gasteiger charge is -2.37. The maximum absolute atomic E-state index is 14.4. The number of aliphatic hydroxyl groups excluding tert-OH is 1. The second kappa shape index (κ2) is 12.4. The van der Waals surface area contributed by atoms with Gasteiger partial charge in [0.1, 0.15) is 23.7 Å². The van der Waals surface area contributed by atoms with Gasteiger partial charge in [-0.3, -0.25) is 19.2 Å². The first-order valence-corrected chi connectivity index (χ1v) is 15.1. The third kappa shape index (κ3) is 5.33. The maximum Gasteiger partial charge on any atom is 0.313 e. The highest BCUT2D eigenvalue weighted by Crippen LogP contribution is 2.53. The molecule has 2 aromatic rings. The van der Waals surface area contributed by atoms with Gasteiger partial charge in [0.2, 0.25) is 17.7 Å². The van der Waals surface area contributed by atoms with Crippen LogP contribution in [0.3, 0.4) is 0 Å². The molecule has 2 saturated heterocycles. The topological polar surface area (TPSA) is 125 Å².